The summed E-state index contributed by atoms with van der Waals surface area (Å²) in [5, 5.41) is 16.3. The molecule has 1 aromatic heterocycles. The zero-order valence-corrected chi connectivity index (χ0v) is 9.80. The molecule has 0 aliphatic heterocycles. The van der Waals surface area contributed by atoms with E-state index < -0.39 is 12.0 Å². The van der Waals surface area contributed by atoms with Gasteiger partial charge in [0.2, 0.25) is 5.91 Å². The molecule has 1 heterocycles. The molecule has 16 heavy (non-hydrogen) atoms. The molecule has 1 rings (SSSR count). The molecule has 0 aromatic carbocycles. The second kappa shape index (κ2) is 5.57. The zero-order valence-electron chi connectivity index (χ0n) is 8.98. The first-order valence-corrected chi connectivity index (χ1v) is 5.55. The Hall–Kier alpha value is -1.47. The Kier molecular flexibility index (Phi) is 4.39. The van der Waals surface area contributed by atoms with Gasteiger partial charge in [-0.05, 0) is 6.92 Å². The lowest BCUT2D eigenvalue weighted by molar-refractivity contribution is -0.139. The number of hydrogen-bond donors (Lipinski definition) is 3. The third-order valence-corrected chi connectivity index (χ3v) is 2.60. The zero-order chi connectivity index (χ0) is 12.1. The average Bonchev–Trinajstić information content (AvgIpc) is 2.60. The number of carbonyl (C=O) groups is 2. The number of rotatable bonds is 5. The summed E-state index contributed by atoms with van der Waals surface area (Å²) in [5.74, 6) is -1.08. The van der Waals surface area contributed by atoms with E-state index in [0.717, 1.165) is 0 Å². The monoisotopic (exact) mass is 243 g/mol. The van der Waals surface area contributed by atoms with E-state index in [1.807, 2.05) is 0 Å². The Labute approximate surface area is 96.7 Å². The Morgan fingerprint density at radius 3 is 2.88 bits per heavy atom. The molecule has 3 N–H and O–H groups in total. The van der Waals surface area contributed by atoms with Crippen LogP contribution in [0.1, 0.15) is 19.5 Å². The normalized spacial score (nSPS) is 12.1. The summed E-state index contributed by atoms with van der Waals surface area (Å²) in [4.78, 5) is 25.4. The SMILES string of the molecule is CC(=O)Nc1nc(CN[C@H](C)C(=O)O)cs1. The van der Waals surface area contributed by atoms with E-state index in [1.54, 1.807) is 12.3 Å². The summed E-state index contributed by atoms with van der Waals surface area (Å²) < 4.78 is 0. The molecule has 1 aromatic rings. The molecule has 0 spiro atoms. The van der Waals surface area contributed by atoms with Gasteiger partial charge in [-0.1, -0.05) is 0 Å². The van der Waals surface area contributed by atoms with Gasteiger partial charge in [-0.15, -0.1) is 11.3 Å². The molecule has 7 heteroatoms. The number of carboxylic acids is 1. The minimum atomic E-state index is -0.905. The second-order valence-electron chi connectivity index (χ2n) is 3.27. The van der Waals surface area contributed by atoms with Gasteiger partial charge in [0.15, 0.2) is 5.13 Å². The topological polar surface area (TPSA) is 91.3 Å². The number of aromatic nitrogens is 1. The highest BCUT2D eigenvalue weighted by molar-refractivity contribution is 7.13. The van der Waals surface area contributed by atoms with Gasteiger partial charge in [0, 0.05) is 18.8 Å². The molecule has 0 unspecified atom stereocenters. The van der Waals surface area contributed by atoms with Crippen molar-refractivity contribution >= 4 is 28.3 Å². The van der Waals surface area contributed by atoms with Crippen LogP contribution in [0.15, 0.2) is 5.38 Å². The Morgan fingerprint density at radius 2 is 2.31 bits per heavy atom. The molecule has 0 aliphatic carbocycles. The summed E-state index contributed by atoms with van der Waals surface area (Å²) in [6, 6.07) is -0.620. The first kappa shape index (κ1) is 12.6. The van der Waals surface area contributed by atoms with Crippen molar-refractivity contribution in [3.05, 3.63) is 11.1 Å². The second-order valence-corrected chi connectivity index (χ2v) is 4.12. The van der Waals surface area contributed by atoms with Crippen molar-refractivity contribution in [1.82, 2.24) is 10.3 Å². The molecule has 0 fully saturated rings. The van der Waals surface area contributed by atoms with Crippen LogP contribution < -0.4 is 10.6 Å². The van der Waals surface area contributed by atoms with Gasteiger partial charge >= 0.3 is 5.97 Å². The third-order valence-electron chi connectivity index (χ3n) is 1.79. The highest BCUT2D eigenvalue weighted by atomic mass is 32.1. The molecule has 0 radical (unpaired) electrons. The lowest BCUT2D eigenvalue weighted by Gasteiger charge is -2.06. The Morgan fingerprint density at radius 1 is 1.62 bits per heavy atom. The predicted octanol–water partition coefficient (Wildman–Crippen LogP) is 0.664. The lowest BCUT2D eigenvalue weighted by atomic mass is 10.3. The highest BCUT2D eigenvalue weighted by Gasteiger charge is 2.10. The van der Waals surface area contributed by atoms with Crippen LogP contribution in [0, 0.1) is 0 Å². The largest absolute Gasteiger partial charge is 0.480 e. The van der Waals surface area contributed by atoms with Crippen LogP contribution in [0.4, 0.5) is 5.13 Å². The molecule has 88 valence electrons. The van der Waals surface area contributed by atoms with Crippen molar-refractivity contribution in [2.75, 3.05) is 5.32 Å². The van der Waals surface area contributed by atoms with Gasteiger partial charge in [0.25, 0.3) is 0 Å². The molecule has 0 aliphatic rings. The number of aliphatic carboxylic acids is 1. The molecule has 1 atom stereocenters. The number of carboxylic acid groups (broad SMARTS) is 1. The molecule has 0 saturated heterocycles. The predicted molar refractivity (Wildman–Crippen MR) is 60.4 cm³/mol. The summed E-state index contributed by atoms with van der Waals surface area (Å²) >= 11 is 1.31. The summed E-state index contributed by atoms with van der Waals surface area (Å²) in [6.07, 6.45) is 0. The highest BCUT2D eigenvalue weighted by Crippen LogP contribution is 2.14. The maximum atomic E-state index is 10.7. The quantitative estimate of drug-likeness (QED) is 0.706. The van der Waals surface area contributed by atoms with Gasteiger partial charge < -0.3 is 10.4 Å². The standard InChI is InChI=1S/C9H13N3O3S/c1-5(8(14)15)10-3-7-4-16-9(12-7)11-6(2)13/h4-5,10H,3H2,1-2H3,(H,14,15)(H,11,12,13)/t5-/m1/s1. The number of anilines is 1. The van der Waals surface area contributed by atoms with E-state index in [1.165, 1.54) is 18.3 Å². The minimum Gasteiger partial charge on any atom is -0.480 e. The van der Waals surface area contributed by atoms with Crippen LogP contribution >= 0.6 is 11.3 Å². The van der Waals surface area contributed by atoms with E-state index in [0.29, 0.717) is 17.4 Å². The molecule has 0 saturated carbocycles. The fourth-order valence-corrected chi connectivity index (χ4v) is 1.70. The Balaban J connectivity index is 2.46. The van der Waals surface area contributed by atoms with E-state index in [4.69, 9.17) is 5.11 Å². The van der Waals surface area contributed by atoms with Gasteiger partial charge in [-0.25, -0.2) is 4.98 Å². The number of amides is 1. The summed E-state index contributed by atoms with van der Waals surface area (Å²) in [5.41, 5.74) is 0.710. The third kappa shape index (κ3) is 3.95. The van der Waals surface area contributed by atoms with Crippen LogP contribution in [0.2, 0.25) is 0 Å². The van der Waals surface area contributed by atoms with Crippen molar-refractivity contribution in [2.24, 2.45) is 0 Å². The molecule has 1 amide bonds. The van der Waals surface area contributed by atoms with Crippen molar-refractivity contribution in [1.29, 1.82) is 0 Å². The summed E-state index contributed by atoms with van der Waals surface area (Å²) in [6.45, 7) is 3.33. The molecular formula is C9H13N3O3S. The first-order chi connectivity index (χ1) is 7.49. The van der Waals surface area contributed by atoms with Gasteiger partial charge in [0.1, 0.15) is 6.04 Å². The Bertz CT molecular complexity index is 391. The molecule has 6 nitrogen and oxygen atoms in total. The van der Waals surface area contributed by atoms with Crippen molar-refractivity contribution < 1.29 is 14.7 Å². The van der Waals surface area contributed by atoms with Crippen LogP contribution in [-0.2, 0) is 16.1 Å². The fraction of sp³-hybridized carbons (Fsp3) is 0.444. The lowest BCUT2D eigenvalue weighted by Crippen LogP contribution is -2.33. The first-order valence-electron chi connectivity index (χ1n) is 4.67. The summed E-state index contributed by atoms with van der Waals surface area (Å²) in [7, 11) is 0. The van der Waals surface area contributed by atoms with Crippen molar-refractivity contribution in [3.8, 4) is 0 Å². The molecular weight excluding hydrogens is 230 g/mol. The van der Waals surface area contributed by atoms with Gasteiger partial charge in [-0.3, -0.25) is 14.9 Å². The maximum absolute atomic E-state index is 10.7. The number of hydrogen-bond acceptors (Lipinski definition) is 5. The van der Waals surface area contributed by atoms with Crippen molar-refractivity contribution in [3.63, 3.8) is 0 Å². The smallest absolute Gasteiger partial charge is 0.320 e. The number of thiazole rings is 1. The van der Waals surface area contributed by atoms with E-state index in [-0.39, 0.29) is 5.91 Å². The van der Waals surface area contributed by atoms with Gasteiger partial charge in [0.05, 0.1) is 5.69 Å². The van der Waals surface area contributed by atoms with E-state index >= 15 is 0 Å². The minimum absolute atomic E-state index is 0.173. The number of carbonyl (C=O) groups excluding carboxylic acids is 1. The van der Waals surface area contributed by atoms with Crippen LogP contribution in [-0.4, -0.2) is 28.0 Å². The molecule has 0 bridgehead atoms. The average molecular weight is 243 g/mol. The van der Waals surface area contributed by atoms with Crippen LogP contribution in [0.3, 0.4) is 0 Å². The number of nitrogens with zero attached hydrogens (tertiary/aromatic N) is 1. The van der Waals surface area contributed by atoms with Gasteiger partial charge in [-0.2, -0.15) is 0 Å². The van der Waals surface area contributed by atoms with E-state index in [2.05, 4.69) is 15.6 Å². The van der Waals surface area contributed by atoms with Crippen LogP contribution in [0.5, 0.6) is 0 Å². The number of nitrogens with one attached hydrogen (secondary N) is 2. The van der Waals surface area contributed by atoms with Crippen molar-refractivity contribution in [2.45, 2.75) is 26.4 Å². The van der Waals surface area contributed by atoms with Crippen LogP contribution in [0.25, 0.3) is 0 Å². The fourth-order valence-electron chi connectivity index (χ4n) is 0.941. The van der Waals surface area contributed by atoms with E-state index in [9.17, 15) is 9.59 Å². The maximum Gasteiger partial charge on any atom is 0.320 e.